The van der Waals surface area contributed by atoms with Crippen molar-refractivity contribution in [1.82, 2.24) is 4.98 Å². The number of ether oxygens (including phenoxy) is 1. The number of oxazole rings is 1. The SMILES string of the molecule is COc1ccccc1Cc1ocnc1C(=O)O. The molecule has 0 aliphatic rings. The van der Waals surface area contributed by atoms with Gasteiger partial charge in [-0.15, -0.1) is 0 Å². The van der Waals surface area contributed by atoms with Crippen LogP contribution in [0.2, 0.25) is 0 Å². The van der Waals surface area contributed by atoms with Crippen LogP contribution >= 0.6 is 0 Å². The Balaban J connectivity index is 2.31. The molecule has 1 aromatic heterocycles. The molecule has 1 N–H and O–H groups in total. The maximum Gasteiger partial charge on any atom is 0.358 e. The van der Waals surface area contributed by atoms with Gasteiger partial charge in [-0.2, -0.15) is 0 Å². The van der Waals surface area contributed by atoms with Crippen molar-refractivity contribution in [3.63, 3.8) is 0 Å². The first-order valence-electron chi connectivity index (χ1n) is 5.00. The van der Waals surface area contributed by atoms with E-state index in [1.807, 2.05) is 24.3 Å². The van der Waals surface area contributed by atoms with Crippen molar-refractivity contribution in [1.29, 1.82) is 0 Å². The number of methoxy groups -OCH3 is 1. The topological polar surface area (TPSA) is 72.6 Å². The maximum atomic E-state index is 10.9. The number of aromatic nitrogens is 1. The standard InChI is InChI=1S/C12H11NO4/c1-16-9-5-3-2-4-8(9)6-10-11(12(14)15)13-7-17-10/h2-5,7H,6H2,1H3,(H,14,15). The van der Waals surface area contributed by atoms with Crippen molar-refractivity contribution in [3.05, 3.63) is 47.7 Å². The van der Waals surface area contributed by atoms with E-state index in [2.05, 4.69) is 4.98 Å². The van der Waals surface area contributed by atoms with Crippen LogP contribution in [0.25, 0.3) is 0 Å². The number of hydrogen-bond donors (Lipinski definition) is 1. The number of rotatable bonds is 4. The summed E-state index contributed by atoms with van der Waals surface area (Å²) in [6.07, 6.45) is 1.47. The van der Waals surface area contributed by atoms with E-state index >= 15 is 0 Å². The molecule has 17 heavy (non-hydrogen) atoms. The molecule has 0 spiro atoms. The van der Waals surface area contributed by atoms with Crippen LogP contribution < -0.4 is 4.74 Å². The molecular formula is C12H11NO4. The predicted octanol–water partition coefficient (Wildman–Crippen LogP) is 1.97. The summed E-state index contributed by atoms with van der Waals surface area (Å²) >= 11 is 0. The summed E-state index contributed by atoms with van der Waals surface area (Å²) in [6.45, 7) is 0. The molecule has 0 fully saturated rings. The average molecular weight is 233 g/mol. The second-order valence-electron chi connectivity index (χ2n) is 3.42. The van der Waals surface area contributed by atoms with Crippen molar-refractivity contribution < 1.29 is 19.1 Å². The number of benzene rings is 1. The third-order valence-electron chi connectivity index (χ3n) is 2.39. The fourth-order valence-corrected chi connectivity index (χ4v) is 1.59. The molecule has 0 amide bonds. The van der Waals surface area contributed by atoms with Gasteiger partial charge in [0.25, 0.3) is 0 Å². The van der Waals surface area contributed by atoms with Gasteiger partial charge in [-0.05, 0) is 6.07 Å². The fourth-order valence-electron chi connectivity index (χ4n) is 1.59. The first-order chi connectivity index (χ1) is 8.22. The van der Waals surface area contributed by atoms with E-state index < -0.39 is 5.97 Å². The molecule has 0 aliphatic carbocycles. The second-order valence-corrected chi connectivity index (χ2v) is 3.42. The van der Waals surface area contributed by atoms with Crippen LogP contribution in [-0.4, -0.2) is 23.2 Å². The number of aromatic carboxylic acids is 1. The van der Waals surface area contributed by atoms with Gasteiger partial charge in [-0.25, -0.2) is 9.78 Å². The molecule has 0 saturated heterocycles. The van der Waals surface area contributed by atoms with E-state index in [9.17, 15) is 4.79 Å². The third kappa shape index (κ3) is 2.28. The van der Waals surface area contributed by atoms with Crippen molar-refractivity contribution in [2.24, 2.45) is 0 Å². The van der Waals surface area contributed by atoms with Gasteiger partial charge in [-0.3, -0.25) is 0 Å². The van der Waals surface area contributed by atoms with Crippen LogP contribution in [0.5, 0.6) is 5.75 Å². The highest BCUT2D eigenvalue weighted by atomic mass is 16.5. The van der Waals surface area contributed by atoms with E-state index in [1.165, 1.54) is 0 Å². The lowest BCUT2D eigenvalue weighted by molar-refractivity contribution is 0.0689. The minimum atomic E-state index is -1.09. The van der Waals surface area contributed by atoms with Crippen molar-refractivity contribution >= 4 is 5.97 Å². The minimum Gasteiger partial charge on any atom is -0.496 e. The number of para-hydroxylation sites is 1. The monoisotopic (exact) mass is 233 g/mol. The zero-order valence-electron chi connectivity index (χ0n) is 9.21. The Morgan fingerprint density at radius 2 is 2.24 bits per heavy atom. The van der Waals surface area contributed by atoms with Gasteiger partial charge in [0.15, 0.2) is 12.1 Å². The average Bonchev–Trinajstić information content (AvgIpc) is 2.78. The lowest BCUT2D eigenvalue weighted by atomic mass is 10.1. The molecule has 0 radical (unpaired) electrons. The quantitative estimate of drug-likeness (QED) is 0.874. The molecule has 5 nitrogen and oxygen atoms in total. The highest BCUT2D eigenvalue weighted by molar-refractivity contribution is 5.86. The number of hydrogen-bond acceptors (Lipinski definition) is 4. The number of carboxylic acid groups (broad SMARTS) is 1. The summed E-state index contributed by atoms with van der Waals surface area (Å²) in [6, 6.07) is 7.37. The molecule has 0 atom stereocenters. The number of carboxylic acids is 1. The summed E-state index contributed by atoms with van der Waals surface area (Å²) < 4.78 is 10.3. The summed E-state index contributed by atoms with van der Waals surface area (Å²) in [5.41, 5.74) is 0.796. The molecular weight excluding hydrogens is 222 g/mol. The van der Waals surface area contributed by atoms with Crippen molar-refractivity contribution in [3.8, 4) is 5.75 Å². The summed E-state index contributed by atoms with van der Waals surface area (Å²) in [4.78, 5) is 14.5. The maximum absolute atomic E-state index is 10.9. The smallest absolute Gasteiger partial charge is 0.358 e. The summed E-state index contributed by atoms with van der Waals surface area (Å²) in [5, 5.41) is 8.91. The van der Waals surface area contributed by atoms with Crippen LogP contribution in [0.4, 0.5) is 0 Å². The Labute approximate surface area is 97.7 Å². The number of nitrogens with zero attached hydrogens (tertiary/aromatic N) is 1. The van der Waals surface area contributed by atoms with Gasteiger partial charge in [0, 0.05) is 12.0 Å². The van der Waals surface area contributed by atoms with Crippen LogP contribution in [0.3, 0.4) is 0 Å². The zero-order chi connectivity index (χ0) is 12.3. The van der Waals surface area contributed by atoms with E-state index in [-0.39, 0.29) is 5.69 Å². The van der Waals surface area contributed by atoms with E-state index in [0.29, 0.717) is 17.9 Å². The highest BCUT2D eigenvalue weighted by Crippen LogP contribution is 2.22. The van der Waals surface area contributed by atoms with Gasteiger partial charge in [0.2, 0.25) is 0 Å². The molecule has 1 aromatic carbocycles. The Hall–Kier alpha value is -2.30. The van der Waals surface area contributed by atoms with Crippen molar-refractivity contribution in [2.75, 3.05) is 7.11 Å². The van der Waals surface area contributed by atoms with E-state index in [1.54, 1.807) is 7.11 Å². The number of carbonyl (C=O) groups is 1. The molecule has 5 heteroatoms. The zero-order valence-corrected chi connectivity index (χ0v) is 9.21. The first-order valence-corrected chi connectivity index (χ1v) is 5.00. The summed E-state index contributed by atoms with van der Waals surface area (Å²) in [7, 11) is 1.57. The van der Waals surface area contributed by atoms with Crippen LogP contribution in [0.1, 0.15) is 21.8 Å². The molecule has 0 unspecified atom stereocenters. The fraction of sp³-hybridized carbons (Fsp3) is 0.167. The Kier molecular flexibility index (Phi) is 3.09. The first kappa shape index (κ1) is 11.2. The lowest BCUT2D eigenvalue weighted by Gasteiger charge is -2.06. The van der Waals surface area contributed by atoms with Gasteiger partial charge >= 0.3 is 5.97 Å². The highest BCUT2D eigenvalue weighted by Gasteiger charge is 2.16. The second kappa shape index (κ2) is 4.69. The lowest BCUT2D eigenvalue weighted by Crippen LogP contribution is -2.02. The third-order valence-corrected chi connectivity index (χ3v) is 2.39. The molecule has 2 rings (SSSR count). The largest absolute Gasteiger partial charge is 0.496 e. The van der Waals surface area contributed by atoms with Gasteiger partial charge in [-0.1, -0.05) is 18.2 Å². The molecule has 0 saturated carbocycles. The molecule has 2 aromatic rings. The Bertz CT molecular complexity index is 533. The van der Waals surface area contributed by atoms with Crippen LogP contribution in [-0.2, 0) is 6.42 Å². The predicted molar refractivity (Wildman–Crippen MR) is 59.3 cm³/mol. The van der Waals surface area contributed by atoms with Gasteiger partial charge in [0.05, 0.1) is 7.11 Å². The molecule has 0 bridgehead atoms. The Morgan fingerprint density at radius 1 is 1.47 bits per heavy atom. The normalized spacial score (nSPS) is 10.2. The van der Waals surface area contributed by atoms with Gasteiger partial charge in [0.1, 0.15) is 11.5 Å². The summed E-state index contributed by atoms with van der Waals surface area (Å²) in [5.74, 6) is -0.0779. The molecule has 88 valence electrons. The Morgan fingerprint density at radius 3 is 2.94 bits per heavy atom. The van der Waals surface area contributed by atoms with E-state index in [0.717, 1.165) is 12.0 Å². The van der Waals surface area contributed by atoms with Gasteiger partial charge < -0.3 is 14.3 Å². The molecule has 1 heterocycles. The minimum absolute atomic E-state index is 0.0593. The van der Waals surface area contributed by atoms with Crippen LogP contribution in [0, 0.1) is 0 Å². The van der Waals surface area contributed by atoms with E-state index in [4.69, 9.17) is 14.3 Å². The van der Waals surface area contributed by atoms with Crippen LogP contribution in [0.15, 0.2) is 35.1 Å². The molecule has 0 aliphatic heterocycles. The van der Waals surface area contributed by atoms with Crippen molar-refractivity contribution in [2.45, 2.75) is 6.42 Å².